The van der Waals surface area contributed by atoms with Gasteiger partial charge in [0.1, 0.15) is 0 Å². The van der Waals surface area contributed by atoms with Gasteiger partial charge < -0.3 is 9.84 Å². The van der Waals surface area contributed by atoms with Crippen molar-refractivity contribution in [3.63, 3.8) is 0 Å². The molecule has 104 valence electrons. The van der Waals surface area contributed by atoms with Crippen LogP contribution in [0.2, 0.25) is 0 Å². The van der Waals surface area contributed by atoms with E-state index in [1.807, 2.05) is 0 Å². The van der Waals surface area contributed by atoms with Gasteiger partial charge in [0.2, 0.25) is 0 Å². The molecule has 0 aromatic rings. The van der Waals surface area contributed by atoms with Crippen LogP contribution in [0.15, 0.2) is 12.7 Å². The van der Waals surface area contributed by atoms with Crippen molar-refractivity contribution in [3.8, 4) is 0 Å². The zero-order valence-corrected chi connectivity index (χ0v) is 12.0. The van der Waals surface area contributed by atoms with Gasteiger partial charge in [0.15, 0.2) is 0 Å². The molecule has 2 fully saturated rings. The third-order valence-electron chi connectivity index (χ3n) is 4.23. The summed E-state index contributed by atoms with van der Waals surface area (Å²) in [4.78, 5) is 2.61. The second-order valence-electron chi connectivity index (χ2n) is 6.90. The molecule has 2 rings (SSSR count). The molecule has 2 aliphatic rings. The molecule has 0 radical (unpaired) electrons. The average molecular weight is 253 g/mol. The Bertz CT molecular complexity index is 294. The number of nitrogens with zero attached hydrogens (tertiary/aromatic N) is 1. The van der Waals surface area contributed by atoms with E-state index >= 15 is 0 Å². The van der Waals surface area contributed by atoms with Crippen LogP contribution in [-0.2, 0) is 4.74 Å². The van der Waals surface area contributed by atoms with Crippen molar-refractivity contribution in [2.75, 3.05) is 13.2 Å². The van der Waals surface area contributed by atoms with Gasteiger partial charge in [-0.2, -0.15) is 0 Å². The zero-order chi connectivity index (χ0) is 13.4. The van der Waals surface area contributed by atoms with Gasteiger partial charge in [0, 0.05) is 17.6 Å². The highest BCUT2D eigenvalue weighted by Crippen LogP contribution is 2.44. The molecule has 2 aliphatic heterocycles. The Balaban J connectivity index is 2.01. The Morgan fingerprint density at radius 2 is 1.89 bits per heavy atom. The fourth-order valence-electron chi connectivity index (χ4n) is 3.87. The predicted molar refractivity (Wildman–Crippen MR) is 73.6 cm³/mol. The molecule has 0 aliphatic carbocycles. The Morgan fingerprint density at radius 1 is 1.33 bits per heavy atom. The molecule has 3 heteroatoms. The van der Waals surface area contributed by atoms with Gasteiger partial charge in [0.05, 0.1) is 18.8 Å². The largest absolute Gasteiger partial charge is 0.387 e. The Hall–Kier alpha value is -0.380. The number of hydrogen-bond acceptors (Lipinski definition) is 3. The summed E-state index contributed by atoms with van der Waals surface area (Å²) >= 11 is 0. The predicted octanol–water partition coefficient (Wildman–Crippen LogP) is 2.35. The van der Waals surface area contributed by atoms with E-state index in [-0.39, 0.29) is 5.54 Å². The van der Waals surface area contributed by atoms with E-state index in [0.717, 1.165) is 12.8 Å². The summed E-state index contributed by atoms with van der Waals surface area (Å²) in [5.41, 5.74) is -0.425. The van der Waals surface area contributed by atoms with Crippen LogP contribution in [-0.4, -0.2) is 46.4 Å². The van der Waals surface area contributed by atoms with Crippen LogP contribution in [0.5, 0.6) is 0 Å². The Kier molecular flexibility index (Phi) is 3.86. The van der Waals surface area contributed by atoms with Crippen LogP contribution in [0.1, 0.15) is 46.5 Å². The number of piperidine rings is 1. The minimum atomic E-state index is -0.628. The second-order valence-corrected chi connectivity index (χ2v) is 6.90. The van der Waals surface area contributed by atoms with Crippen LogP contribution in [0.4, 0.5) is 0 Å². The van der Waals surface area contributed by atoms with Crippen molar-refractivity contribution in [1.29, 1.82) is 0 Å². The first kappa shape index (κ1) is 14.0. The molecule has 0 aromatic carbocycles. The van der Waals surface area contributed by atoms with Crippen LogP contribution in [0, 0.1) is 0 Å². The summed E-state index contributed by atoms with van der Waals surface area (Å²) in [5, 5.41) is 10.7. The SMILES string of the molecule is C=CCOCC1(O)CC2CC[C@H](C1)N2C(C)(C)C. The van der Waals surface area contributed by atoms with Crippen LogP contribution in [0.25, 0.3) is 0 Å². The molecule has 2 unspecified atom stereocenters. The summed E-state index contributed by atoms with van der Waals surface area (Å²) in [6.07, 6.45) is 5.86. The maximum absolute atomic E-state index is 10.7. The highest BCUT2D eigenvalue weighted by Gasteiger charge is 2.50. The van der Waals surface area contributed by atoms with Gasteiger partial charge in [-0.15, -0.1) is 6.58 Å². The van der Waals surface area contributed by atoms with Gasteiger partial charge in [-0.3, -0.25) is 4.90 Å². The number of ether oxygens (including phenoxy) is 1. The van der Waals surface area contributed by atoms with Crippen molar-refractivity contribution >= 4 is 0 Å². The highest BCUT2D eigenvalue weighted by atomic mass is 16.5. The van der Waals surface area contributed by atoms with E-state index in [2.05, 4.69) is 32.3 Å². The summed E-state index contributed by atoms with van der Waals surface area (Å²) < 4.78 is 5.48. The van der Waals surface area contributed by atoms with Gasteiger partial charge >= 0.3 is 0 Å². The van der Waals surface area contributed by atoms with Gasteiger partial charge in [-0.25, -0.2) is 0 Å². The first-order valence-corrected chi connectivity index (χ1v) is 7.05. The minimum Gasteiger partial charge on any atom is -0.387 e. The van der Waals surface area contributed by atoms with Gasteiger partial charge in [-0.1, -0.05) is 6.08 Å². The van der Waals surface area contributed by atoms with Crippen LogP contribution in [0.3, 0.4) is 0 Å². The molecule has 3 atom stereocenters. The van der Waals surface area contributed by atoms with Crippen molar-refractivity contribution in [3.05, 3.63) is 12.7 Å². The molecule has 0 amide bonds. The van der Waals surface area contributed by atoms with E-state index in [4.69, 9.17) is 4.74 Å². The molecule has 2 heterocycles. The Labute approximate surface area is 111 Å². The Morgan fingerprint density at radius 3 is 2.33 bits per heavy atom. The fourth-order valence-corrected chi connectivity index (χ4v) is 3.87. The third kappa shape index (κ3) is 2.79. The van der Waals surface area contributed by atoms with Crippen molar-refractivity contribution in [2.24, 2.45) is 0 Å². The summed E-state index contributed by atoms with van der Waals surface area (Å²) in [5.74, 6) is 0. The number of hydrogen-bond donors (Lipinski definition) is 1. The molecule has 3 nitrogen and oxygen atoms in total. The van der Waals surface area contributed by atoms with Crippen molar-refractivity contribution in [1.82, 2.24) is 4.90 Å². The second kappa shape index (κ2) is 4.95. The normalized spacial score (nSPS) is 36.9. The average Bonchev–Trinajstić information content (AvgIpc) is 2.53. The lowest BCUT2D eigenvalue weighted by Gasteiger charge is -2.49. The molecule has 2 bridgehead atoms. The topological polar surface area (TPSA) is 32.7 Å². The quantitative estimate of drug-likeness (QED) is 0.616. The first-order valence-electron chi connectivity index (χ1n) is 7.05. The number of aliphatic hydroxyl groups is 1. The summed E-state index contributed by atoms with van der Waals surface area (Å²) in [7, 11) is 0. The number of rotatable bonds is 4. The third-order valence-corrected chi connectivity index (χ3v) is 4.23. The minimum absolute atomic E-state index is 0.204. The van der Waals surface area contributed by atoms with Gasteiger partial charge in [0.25, 0.3) is 0 Å². The lowest BCUT2D eigenvalue weighted by molar-refractivity contribution is -0.113. The lowest BCUT2D eigenvalue weighted by Crippen LogP contribution is -2.58. The molecular formula is C15H27NO2. The molecule has 1 N–H and O–H groups in total. The van der Waals surface area contributed by atoms with E-state index in [0.29, 0.717) is 25.3 Å². The molecule has 18 heavy (non-hydrogen) atoms. The van der Waals surface area contributed by atoms with Crippen LogP contribution < -0.4 is 0 Å². The smallest absolute Gasteiger partial charge is 0.0910 e. The number of fused-ring (bicyclic) bond motifs is 2. The molecule has 0 aromatic heterocycles. The molecule has 0 saturated carbocycles. The summed E-state index contributed by atoms with van der Waals surface area (Å²) in [6, 6.07) is 1.03. The van der Waals surface area contributed by atoms with Crippen LogP contribution >= 0.6 is 0 Å². The lowest BCUT2D eigenvalue weighted by atomic mass is 9.84. The maximum Gasteiger partial charge on any atom is 0.0910 e. The maximum atomic E-state index is 10.7. The van der Waals surface area contributed by atoms with E-state index in [1.54, 1.807) is 6.08 Å². The molecule has 2 saturated heterocycles. The van der Waals surface area contributed by atoms with Gasteiger partial charge in [-0.05, 0) is 46.5 Å². The first-order chi connectivity index (χ1) is 8.36. The molecule has 0 spiro atoms. The summed E-state index contributed by atoms with van der Waals surface area (Å²) in [6.45, 7) is 11.4. The van der Waals surface area contributed by atoms with E-state index in [9.17, 15) is 5.11 Å². The highest BCUT2D eigenvalue weighted by molar-refractivity contribution is 5.05. The van der Waals surface area contributed by atoms with Crippen molar-refractivity contribution in [2.45, 2.75) is 69.7 Å². The monoisotopic (exact) mass is 253 g/mol. The fraction of sp³-hybridized carbons (Fsp3) is 0.867. The van der Waals surface area contributed by atoms with Crippen molar-refractivity contribution < 1.29 is 9.84 Å². The van der Waals surface area contributed by atoms with E-state index < -0.39 is 5.60 Å². The zero-order valence-electron chi connectivity index (χ0n) is 12.0. The molecular weight excluding hydrogens is 226 g/mol. The standard InChI is InChI=1S/C15H27NO2/c1-5-8-18-11-15(17)9-12-6-7-13(10-15)16(12)14(2,3)4/h5,12-13,17H,1,6-11H2,2-4H3/t12-,13?,15?/m1/s1. The van der Waals surface area contributed by atoms with E-state index in [1.165, 1.54) is 12.8 Å².